The van der Waals surface area contributed by atoms with E-state index in [0.717, 1.165) is 18.1 Å². The van der Waals surface area contributed by atoms with Gasteiger partial charge in [0.15, 0.2) is 5.13 Å². The highest BCUT2D eigenvalue weighted by atomic mass is 32.1. The minimum Gasteiger partial charge on any atom is -0.477 e. The van der Waals surface area contributed by atoms with Gasteiger partial charge in [0.1, 0.15) is 4.88 Å². The van der Waals surface area contributed by atoms with Crippen molar-refractivity contribution in [1.29, 1.82) is 0 Å². The summed E-state index contributed by atoms with van der Waals surface area (Å²) in [5.74, 6) is -0.895. The third kappa shape index (κ3) is 3.33. The lowest BCUT2D eigenvalue weighted by atomic mass is 10.2. The summed E-state index contributed by atoms with van der Waals surface area (Å²) < 4.78 is 0. The average Bonchev–Trinajstić information content (AvgIpc) is 2.90. The van der Waals surface area contributed by atoms with Crippen LogP contribution in [0.2, 0.25) is 0 Å². The molecule has 2 heterocycles. The van der Waals surface area contributed by atoms with E-state index < -0.39 is 5.97 Å². The maximum absolute atomic E-state index is 11.1. The van der Waals surface area contributed by atoms with Crippen LogP contribution in [0, 0.1) is 0 Å². The Kier molecular flexibility index (Phi) is 4.68. The van der Waals surface area contributed by atoms with Crippen LogP contribution in [-0.2, 0) is 12.8 Å². The van der Waals surface area contributed by atoms with Crippen LogP contribution in [0.15, 0.2) is 24.5 Å². The van der Waals surface area contributed by atoms with Gasteiger partial charge in [0, 0.05) is 26.0 Å². The van der Waals surface area contributed by atoms with Crippen molar-refractivity contribution in [3.05, 3.63) is 40.7 Å². The molecule has 0 fully saturated rings. The molecular weight excluding hydrogens is 274 g/mol. The number of rotatable bonds is 6. The fraction of sp³-hybridized carbons (Fsp3) is 0.357. The van der Waals surface area contributed by atoms with Gasteiger partial charge in [-0.1, -0.05) is 18.3 Å². The zero-order chi connectivity index (χ0) is 14.5. The van der Waals surface area contributed by atoms with E-state index in [2.05, 4.69) is 9.97 Å². The second kappa shape index (κ2) is 6.47. The van der Waals surface area contributed by atoms with E-state index in [1.54, 1.807) is 12.4 Å². The first kappa shape index (κ1) is 14.5. The summed E-state index contributed by atoms with van der Waals surface area (Å²) in [4.78, 5) is 21.9. The highest BCUT2D eigenvalue weighted by Gasteiger charge is 2.17. The number of hydrogen-bond acceptors (Lipinski definition) is 5. The lowest BCUT2D eigenvalue weighted by Crippen LogP contribution is -2.20. The minimum absolute atomic E-state index is 0.346. The van der Waals surface area contributed by atoms with Gasteiger partial charge in [-0.25, -0.2) is 9.78 Å². The predicted octanol–water partition coefficient (Wildman–Crippen LogP) is 2.48. The van der Waals surface area contributed by atoms with Crippen molar-refractivity contribution in [2.24, 2.45) is 0 Å². The molecule has 2 aromatic heterocycles. The van der Waals surface area contributed by atoms with Crippen LogP contribution in [0.4, 0.5) is 5.13 Å². The second-order valence-corrected chi connectivity index (χ2v) is 5.44. The number of pyridine rings is 1. The quantitative estimate of drug-likeness (QED) is 0.885. The van der Waals surface area contributed by atoms with Crippen LogP contribution >= 0.6 is 11.3 Å². The second-order valence-electron chi connectivity index (χ2n) is 4.46. The Morgan fingerprint density at radius 1 is 1.40 bits per heavy atom. The topological polar surface area (TPSA) is 66.3 Å². The average molecular weight is 291 g/mol. The van der Waals surface area contributed by atoms with E-state index >= 15 is 0 Å². The van der Waals surface area contributed by atoms with E-state index in [-0.39, 0.29) is 0 Å². The van der Waals surface area contributed by atoms with Gasteiger partial charge < -0.3 is 10.0 Å². The highest BCUT2D eigenvalue weighted by Crippen LogP contribution is 2.26. The Morgan fingerprint density at radius 2 is 2.10 bits per heavy atom. The van der Waals surface area contributed by atoms with Crippen molar-refractivity contribution in [2.45, 2.75) is 19.8 Å². The van der Waals surface area contributed by atoms with E-state index in [1.165, 1.54) is 16.9 Å². The number of carbonyl (C=O) groups is 1. The largest absolute Gasteiger partial charge is 0.477 e. The van der Waals surface area contributed by atoms with Gasteiger partial charge in [0.05, 0.1) is 5.69 Å². The highest BCUT2D eigenvalue weighted by molar-refractivity contribution is 7.17. The molecule has 0 radical (unpaired) electrons. The van der Waals surface area contributed by atoms with Gasteiger partial charge in [0.2, 0.25) is 0 Å². The molecule has 0 saturated heterocycles. The summed E-state index contributed by atoms with van der Waals surface area (Å²) in [5.41, 5.74) is 1.87. The molecule has 0 unspecified atom stereocenters. The number of aryl methyl sites for hydroxylation is 1. The van der Waals surface area contributed by atoms with Crippen LogP contribution in [0.25, 0.3) is 0 Å². The molecule has 6 heteroatoms. The molecule has 106 valence electrons. The molecule has 20 heavy (non-hydrogen) atoms. The van der Waals surface area contributed by atoms with Gasteiger partial charge in [-0.05, 0) is 30.5 Å². The molecule has 0 spiro atoms. The Balaban J connectivity index is 2.05. The molecule has 5 nitrogen and oxygen atoms in total. The zero-order valence-corrected chi connectivity index (χ0v) is 12.4. The number of nitrogens with zero attached hydrogens (tertiary/aromatic N) is 3. The Morgan fingerprint density at radius 3 is 2.65 bits per heavy atom. The molecule has 0 saturated carbocycles. The Hall–Kier alpha value is -1.95. The molecule has 1 N–H and O–H groups in total. The molecule has 0 aliphatic heterocycles. The number of carboxylic acid groups (broad SMARTS) is 1. The maximum atomic E-state index is 11.1. The molecule has 0 aromatic carbocycles. The number of carboxylic acids is 1. The van der Waals surface area contributed by atoms with Crippen LogP contribution in [0.3, 0.4) is 0 Å². The standard InChI is InChI=1S/C14H17N3O2S/c1-3-11-12(13(18)19)20-14(16-11)17(2)9-6-10-4-7-15-8-5-10/h4-5,7-8H,3,6,9H2,1-2H3,(H,18,19). The monoisotopic (exact) mass is 291 g/mol. The third-order valence-corrected chi connectivity index (χ3v) is 4.23. The summed E-state index contributed by atoms with van der Waals surface area (Å²) in [7, 11) is 1.94. The van der Waals surface area contributed by atoms with Crippen LogP contribution in [0.1, 0.15) is 27.9 Å². The van der Waals surface area contributed by atoms with Gasteiger partial charge in [-0.2, -0.15) is 0 Å². The van der Waals surface area contributed by atoms with Gasteiger partial charge >= 0.3 is 5.97 Å². The molecule has 0 atom stereocenters. The van der Waals surface area contributed by atoms with Crippen LogP contribution in [0.5, 0.6) is 0 Å². The fourth-order valence-electron chi connectivity index (χ4n) is 1.85. The minimum atomic E-state index is -0.895. The van der Waals surface area contributed by atoms with Crippen molar-refractivity contribution in [2.75, 3.05) is 18.5 Å². The van der Waals surface area contributed by atoms with Crippen molar-refractivity contribution < 1.29 is 9.90 Å². The van der Waals surface area contributed by atoms with Crippen LogP contribution in [-0.4, -0.2) is 34.6 Å². The van der Waals surface area contributed by atoms with Gasteiger partial charge in [-0.15, -0.1) is 0 Å². The molecule has 2 rings (SSSR count). The van der Waals surface area contributed by atoms with Crippen molar-refractivity contribution in [3.8, 4) is 0 Å². The first-order valence-corrected chi connectivity index (χ1v) is 7.26. The fourth-order valence-corrected chi connectivity index (χ4v) is 2.83. The predicted molar refractivity (Wildman–Crippen MR) is 79.7 cm³/mol. The molecule has 0 aliphatic rings. The van der Waals surface area contributed by atoms with E-state index in [0.29, 0.717) is 17.0 Å². The summed E-state index contributed by atoms with van der Waals surface area (Å²) in [6, 6.07) is 3.96. The Labute approximate surface area is 121 Å². The van der Waals surface area contributed by atoms with Crippen molar-refractivity contribution in [1.82, 2.24) is 9.97 Å². The molecule has 0 bridgehead atoms. The number of aromatic carboxylic acids is 1. The Bertz CT molecular complexity index is 583. The van der Waals surface area contributed by atoms with Crippen molar-refractivity contribution >= 4 is 22.4 Å². The van der Waals surface area contributed by atoms with Crippen LogP contribution < -0.4 is 4.90 Å². The number of likely N-dealkylation sites (N-methyl/N-ethyl adjacent to an activating group) is 1. The lowest BCUT2D eigenvalue weighted by Gasteiger charge is -2.15. The SMILES string of the molecule is CCc1nc(N(C)CCc2ccncc2)sc1C(=O)O. The lowest BCUT2D eigenvalue weighted by molar-refractivity contribution is 0.0701. The first-order chi connectivity index (χ1) is 9.61. The molecular formula is C14H17N3O2S. The molecule has 0 aliphatic carbocycles. The van der Waals surface area contributed by atoms with Gasteiger partial charge in [0.25, 0.3) is 0 Å². The zero-order valence-electron chi connectivity index (χ0n) is 11.5. The number of anilines is 1. The third-order valence-electron chi connectivity index (χ3n) is 3.03. The van der Waals surface area contributed by atoms with Crippen molar-refractivity contribution in [3.63, 3.8) is 0 Å². The number of aromatic nitrogens is 2. The summed E-state index contributed by atoms with van der Waals surface area (Å²) >= 11 is 1.24. The smallest absolute Gasteiger partial charge is 0.347 e. The van der Waals surface area contributed by atoms with E-state index in [1.807, 2.05) is 31.0 Å². The van der Waals surface area contributed by atoms with E-state index in [4.69, 9.17) is 5.11 Å². The van der Waals surface area contributed by atoms with Gasteiger partial charge in [-0.3, -0.25) is 4.98 Å². The molecule has 0 amide bonds. The maximum Gasteiger partial charge on any atom is 0.347 e. The van der Waals surface area contributed by atoms with E-state index in [9.17, 15) is 4.79 Å². The normalized spacial score (nSPS) is 10.5. The summed E-state index contributed by atoms with van der Waals surface area (Å²) in [6.07, 6.45) is 5.06. The summed E-state index contributed by atoms with van der Waals surface area (Å²) in [5, 5.41) is 9.90. The molecule has 2 aromatic rings. The first-order valence-electron chi connectivity index (χ1n) is 6.44. The summed E-state index contributed by atoms with van der Waals surface area (Å²) in [6.45, 7) is 2.71. The number of hydrogen-bond donors (Lipinski definition) is 1. The number of thiazole rings is 1.